The van der Waals surface area contributed by atoms with Gasteiger partial charge in [-0.25, -0.2) is 0 Å². The molecule has 0 bridgehead atoms. The average Bonchev–Trinajstić information content (AvgIpc) is 2.46. The first kappa shape index (κ1) is 16.2. The first-order valence-electron chi connectivity index (χ1n) is 7.51. The minimum Gasteiger partial charge on any atom is -0.310 e. The van der Waals surface area contributed by atoms with Crippen molar-refractivity contribution < 1.29 is 0 Å². The number of rotatable bonds is 6. The second-order valence-corrected chi connectivity index (χ2v) is 6.45. The van der Waals surface area contributed by atoms with Gasteiger partial charge in [-0.2, -0.15) is 0 Å². The normalized spacial score (nSPS) is 12.4. The van der Waals surface area contributed by atoms with Crippen LogP contribution >= 0.6 is 15.9 Å². The number of hydrogen-bond donors (Lipinski definition) is 1. The van der Waals surface area contributed by atoms with Gasteiger partial charge in [0.15, 0.2) is 0 Å². The van der Waals surface area contributed by atoms with Gasteiger partial charge in [0.1, 0.15) is 0 Å². The smallest absolute Gasteiger partial charge is 0.0422 e. The van der Waals surface area contributed by atoms with Crippen LogP contribution in [0, 0.1) is 13.8 Å². The predicted octanol–water partition coefficient (Wildman–Crippen LogP) is 4.74. The zero-order valence-corrected chi connectivity index (χ0v) is 14.6. The summed E-state index contributed by atoms with van der Waals surface area (Å²) in [6.07, 6.45) is 4.00. The monoisotopic (exact) mass is 346 g/mol. The molecule has 1 N–H and O–H groups in total. The van der Waals surface area contributed by atoms with Crippen molar-refractivity contribution in [3.8, 4) is 0 Å². The Kier molecular flexibility index (Phi) is 5.95. The van der Waals surface area contributed by atoms with Crippen LogP contribution in [0.5, 0.6) is 0 Å². The van der Waals surface area contributed by atoms with E-state index in [4.69, 9.17) is 0 Å². The number of nitrogens with one attached hydrogen (secondary N) is 1. The maximum absolute atomic E-state index is 4.55. The Labute approximate surface area is 136 Å². The molecule has 1 unspecified atom stereocenters. The van der Waals surface area contributed by atoms with E-state index >= 15 is 0 Å². The second kappa shape index (κ2) is 7.71. The van der Waals surface area contributed by atoms with E-state index in [2.05, 4.69) is 77.3 Å². The van der Waals surface area contributed by atoms with E-state index in [1.165, 1.54) is 16.7 Å². The van der Waals surface area contributed by atoms with E-state index in [1.54, 1.807) is 0 Å². The van der Waals surface area contributed by atoms with Crippen molar-refractivity contribution >= 4 is 15.9 Å². The molecule has 0 amide bonds. The molecule has 1 atom stereocenters. The topological polar surface area (TPSA) is 24.9 Å². The molecule has 0 saturated heterocycles. The van der Waals surface area contributed by atoms with Gasteiger partial charge >= 0.3 is 0 Å². The van der Waals surface area contributed by atoms with Crippen LogP contribution in [0.3, 0.4) is 0 Å². The van der Waals surface area contributed by atoms with E-state index in [0.717, 1.165) is 29.6 Å². The van der Waals surface area contributed by atoms with E-state index in [1.807, 2.05) is 6.20 Å². The van der Waals surface area contributed by atoms with Crippen molar-refractivity contribution in [3.05, 3.63) is 63.4 Å². The van der Waals surface area contributed by atoms with E-state index in [-0.39, 0.29) is 0 Å². The first-order chi connectivity index (χ1) is 10.1. The molecule has 1 aromatic carbocycles. The van der Waals surface area contributed by atoms with Gasteiger partial charge < -0.3 is 5.32 Å². The predicted molar refractivity (Wildman–Crippen MR) is 92.6 cm³/mol. The lowest BCUT2D eigenvalue weighted by atomic mass is 9.97. The summed E-state index contributed by atoms with van der Waals surface area (Å²) in [5, 5.41) is 3.65. The Bertz CT molecular complexity index is 578. The highest BCUT2D eigenvalue weighted by atomic mass is 79.9. The van der Waals surface area contributed by atoms with Crippen molar-refractivity contribution in [1.29, 1.82) is 0 Å². The zero-order chi connectivity index (χ0) is 15.2. The van der Waals surface area contributed by atoms with E-state index in [0.29, 0.717) is 6.04 Å². The van der Waals surface area contributed by atoms with Gasteiger partial charge in [-0.1, -0.05) is 35.0 Å². The molecule has 3 heteroatoms. The number of halogens is 1. The Morgan fingerprint density at radius 3 is 2.62 bits per heavy atom. The molecule has 112 valence electrons. The summed E-state index contributed by atoms with van der Waals surface area (Å²) < 4.78 is 1.13. The Morgan fingerprint density at radius 2 is 2.00 bits per heavy atom. The second-order valence-electron chi connectivity index (χ2n) is 5.54. The summed E-state index contributed by atoms with van der Waals surface area (Å²) in [5.74, 6) is 0. The van der Waals surface area contributed by atoms with Crippen LogP contribution in [0.4, 0.5) is 0 Å². The lowest BCUT2D eigenvalue weighted by Gasteiger charge is -2.21. The van der Waals surface area contributed by atoms with Gasteiger partial charge in [0.05, 0.1) is 0 Å². The highest BCUT2D eigenvalue weighted by Gasteiger charge is 2.14. The number of benzene rings is 1. The highest BCUT2D eigenvalue weighted by Crippen LogP contribution is 2.24. The van der Waals surface area contributed by atoms with Crippen LogP contribution in [0.25, 0.3) is 0 Å². The lowest BCUT2D eigenvalue weighted by molar-refractivity contribution is 0.522. The number of pyridine rings is 1. The molecule has 2 nitrogen and oxygen atoms in total. The molecule has 0 fully saturated rings. The molecule has 2 aromatic rings. The summed E-state index contributed by atoms with van der Waals surface area (Å²) in [6.45, 7) is 7.46. The molecular formula is C18H23BrN2. The number of aromatic nitrogens is 1. The fourth-order valence-electron chi connectivity index (χ4n) is 2.47. The minimum absolute atomic E-state index is 0.313. The van der Waals surface area contributed by atoms with Crippen molar-refractivity contribution in [2.24, 2.45) is 0 Å². The third-order valence-corrected chi connectivity index (χ3v) is 4.13. The maximum Gasteiger partial charge on any atom is 0.0422 e. The summed E-state index contributed by atoms with van der Waals surface area (Å²) in [5.41, 5.74) is 5.01. The van der Waals surface area contributed by atoms with Gasteiger partial charge in [0.25, 0.3) is 0 Å². The van der Waals surface area contributed by atoms with Crippen molar-refractivity contribution in [3.63, 3.8) is 0 Å². The molecule has 0 saturated carbocycles. The van der Waals surface area contributed by atoms with Crippen molar-refractivity contribution in [1.82, 2.24) is 10.3 Å². The van der Waals surface area contributed by atoms with Crippen LogP contribution in [0.15, 0.2) is 41.0 Å². The molecule has 0 aliphatic heterocycles. The molecule has 0 aliphatic rings. The van der Waals surface area contributed by atoms with Gasteiger partial charge in [-0.3, -0.25) is 4.98 Å². The first-order valence-corrected chi connectivity index (χ1v) is 8.30. The molecule has 0 radical (unpaired) electrons. The number of hydrogen-bond acceptors (Lipinski definition) is 2. The molecule has 1 aromatic heterocycles. The SMILES string of the molecule is CCCNC(Cc1ccc(C)cn1)c1ccc(Br)cc1C. The number of nitrogens with zero attached hydrogens (tertiary/aromatic N) is 1. The molecule has 0 aliphatic carbocycles. The largest absolute Gasteiger partial charge is 0.310 e. The van der Waals surface area contributed by atoms with Crippen LogP contribution in [-0.2, 0) is 6.42 Å². The van der Waals surface area contributed by atoms with Crippen LogP contribution in [0.1, 0.15) is 41.8 Å². The quantitative estimate of drug-likeness (QED) is 0.816. The average molecular weight is 347 g/mol. The standard InChI is InChI=1S/C18H23BrN2/c1-4-9-20-18(11-16-7-5-13(2)12-21-16)17-8-6-15(19)10-14(17)3/h5-8,10,12,18,20H,4,9,11H2,1-3H3. The van der Waals surface area contributed by atoms with Gasteiger partial charge in [-0.05, 0) is 61.7 Å². The van der Waals surface area contributed by atoms with Gasteiger partial charge in [0.2, 0.25) is 0 Å². The van der Waals surface area contributed by atoms with E-state index < -0.39 is 0 Å². The van der Waals surface area contributed by atoms with E-state index in [9.17, 15) is 0 Å². The molecule has 21 heavy (non-hydrogen) atoms. The third-order valence-electron chi connectivity index (χ3n) is 3.63. The fourth-order valence-corrected chi connectivity index (χ4v) is 2.94. The Balaban J connectivity index is 2.22. The lowest BCUT2D eigenvalue weighted by Crippen LogP contribution is -2.25. The highest BCUT2D eigenvalue weighted by molar-refractivity contribution is 9.10. The third kappa shape index (κ3) is 4.65. The Morgan fingerprint density at radius 1 is 1.19 bits per heavy atom. The number of aryl methyl sites for hydroxylation is 2. The molecule has 2 rings (SSSR count). The van der Waals surface area contributed by atoms with Crippen LogP contribution in [0.2, 0.25) is 0 Å². The van der Waals surface area contributed by atoms with Gasteiger partial charge in [-0.15, -0.1) is 0 Å². The van der Waals surface area contributed by atoms with Gasteiger partial charge in [0, 0.05) is 28.8 Å². The van der Waals surface area contributed by atoms with Crippen molar-refractivity contribution in [2.75, 3.05) is 6.54 Å². The summed E-state index contributed by atoms with van der Waals surface area (Å²) in [6, 6.07) is 11.1. The maximum atomic E-state index is 4.55. The van der Waals surface area contributed by atoms with Crippen LogP contribution in [-0.4, -0.2) is 11.5 Å². The van der Waals surface area contributed by atoms with Crippen LogP contribution < -0.4 is 5.32 Å². The molecule has 0 spiro atoms. The summed E-state index contributed by atoms with van der Waals surface area (Å²) in [7, 11) is 0. The Hall–Kier alpha value is -1.19. The summed E-state index contributed by atoms with van der Waals surface area (Å²) in [4.78, 5) is 4.55. The van der Waals surface area contributed by atoms with Crippen molar-refractivity contribution in [2.45, 2.75) is 39.7 Å². The minimum atomic E-state index is 0.313. The summed E-state index contributed by atoms with van der Waals surface area (Å²) >= 11 is 3.54. The molecule has 1 heterocycles. The fraction of sp³-hybridized carbons (Fsp3) is 0.389. The molecular weight excluding hydrogens is 324 g/mol. The zero-order valence-electron chi connectivity index (χ0n) is 13.0.